The lowest BCUT2D eigenvalue weighted by atomic mass is 9.89. The van der Waals surface area contributed by atoms with E-state index in [1.54, 1.807) is 18.2 Å². The van der Waals surface area contributed by atoms with Crippen LogP contribution in [0.4, 0.5) is 0 Å². The normalized spacial score (nSPS) is 12.7. The molecule has 2 atom stereocenters. The standard InChI is InChI=1S/C28H33NO6/c1-19(30)27-24(34-2)15-23(16-25(27)35-3)28(33)22(11-7-10-20-8-5-4-6-9-20)18-29-13-12-21(17-29)14-26(31)32/h4-6,8-9,12-13,15-17,22,28,33H,7,10-11,14,18H2,1-3H3,(H,31,32)/t22-,28?/m1/s1. The third-order valence-corrected chi connectivity index (χ3v) is 6.16. The van der Waals surface area contributed by atoms with Crippen LogP contribution in [0.2, 0.25) is 0 Å². The van der Waals surface area contributed by atoms with Gasteiger partial charge in [0.25, 0.3) is 0 Å². The predicted molar refractivity (Wildman–Crippen MR) is 133 cm³/mol. The third-order valence-electron chi connectivity index (χ3n) is 6.16. The summed E-state index contributed by atoms with van der Waals surface area (Å²) >= 11 is 0. The van der Waals surface area contributed by atoms with E-state index in [-0.39, 0.29) is 18.1 Å². The summed E-state index contributed by atoms with van der Waals surface area (Å²) in [4.78, 5) is 23.2. The van der Waals surface area contributed by atoms with Crippen molar-refractivity contribution in [2.45, 2.75) is 45.3 Å². The van der Waals surface area contributed by atoms with Gasteiger partial charge in [0.1, 0.15) is 17.1 Å². The first-order chi connectivity index (χ1) is 16.8. The van der Waals surface area contributed by atoms with E-state index in [4.69, 9.17) is 14.6 Å². The minimum atomic E-state index is -0.882. The van der Waals surface area contributed by atoms with Crippen molar-refractivity contribution >= 4 is 11.8 Å². The fraction of sp³-hybridized carbons (Fsp3) is 0.357. The number of hydrogen-bond donors (Lipinski definition) is 2. The number of aliphatic hydroxyl groups excluding tert-OH is 1. The quantitative estimate of drug-likeness (QED) is 0.345. The summed E-state index contributed by atoms with van der Waals surface area (Å²) in [6.45, 7) is 1.96. The highest BCUT2D eigenvalue weighted by Gasteiger charge is 2.25. The molecular weight excluding hydrogens is 446 g/mol. The molecule has 0 spiro atoms. The highest BCUT2D eigenvalue weighted by molar-refractivity contribution is 5.99. The first-order valence-electron chi connectivity index (χ1n) is 11.7. The van der Waals surface area contributed by atoms with Crippen LogP contribution in [-0.2, 0) is 24.2 Å². The van der Waals surface area contributed by atoms with Crippen molar-refractivity contribution < 1.29 is 29.3 Å². The van der Waals surface area contributed by atoms with Crippen LogP contribution >= 0.6 is 0 Å². The molecule has 7 heteroatoms. The Balaban J connectivity index is 1.87. The van der Waals surface area contributed by atoms with E-state index in [0.717, 1.165) is 19.3 Å². The lowest BCUT2D eigenvalue weighted by molar-refractivity contribution is -0.136. The van der Waals surface area contributed by atoms with E-state index in [0.29, 0.717) is 34.7 Å². The van der Waals surface area contributed by atoms with Crippen molar-refractivity contribution in [1.29, 1.82) is 0 Å². The molecule has 1 heterocycles. The Hall–Kier alpha value is -3.58. The molecule has 1 aromatic heterocycles. The fourth-order valence-corrected chi connectivity index (χ4v) is 4.44. The van der Waals surface area contributed by atoms with Gasteiger partial charge in [-0.1, -0.05) is 30.3 Å². The molecule has 0 aliphatic heterocycles. The zero-order chi connectivity index (χ0) is 25.4. The van der Waals surface area contributed by atoms with Crippen LogP contribution in [0.25, 0.3) is 0 Å². The molecule has 2 aromatic carbocycles. The molecule has 0 saturated carbocycles. The number of ketones is 1. The number of Topliss-reactive ketones (excluding diaryl/α,β-unsaturated/α-hetero) is 1. The number of ether oxygens (including phenoxy) is 2. The smallest absolute Gasteiger partial charge is 0.307 e. The summed E-state index contributed by atoms with van der Waals surface area (Å²) in [5, 5.41) is 20.5. The van der Waals surface area contributed by atoms with Crippen LogP contribution in [0.3, 0.4) is 0 Å². The number of carboxylic acids is 1. The first kappa shape index (κ1) is 26.0. The van der Waals surface area contributed by atoms with Gasteiger partial charge in [-0.05, 0) is 61.1 Å². The zero-order valence-electron chi connectivity index (χ0n) is 20.4. The van der Waals surface area contributed by atoms with E-state index < -0.39 is 12.1 Å². The molecule has 0 radical (unpaired) electrons. The topological polar surface area (TPSA) is 98.0 Å². The highest BCUT2D eigenvalue weighted by Crippen LogP contribution is 2.37. The van der Waals surface area contributed by atoms with Gasteiger partial charge >= 0.3 is 5.97 Å². The second kappa shape index (κ2) is 12.2. The first-order valence-corrected chi connectivity index (χ1v) is 11.7. The van der Waals surface area contributed by atoms with Gasteiger partial charge in [-0.3, -0.25) is 9.59 Å². The number of aliphatic carboxylic acids is 1. The van der Waals surface area contributed by atoms with E-state index >= 15 is 0 Å². The van der Waals surface area contributed by atoms with Crippen molar-refractivity contribution in [1.82, 2.24) is 4.57 Å². The Kier molecular flexibility index (Phi) is 9.09. The number of rotatable bonds is 13. The number of carbonyl (C=O) groups excluding carboxylic acids is 1. The number of carboxylic acid groups (broad SMARTS) is 1. The highest BCUT2D eigenvalue weighted by atomic mass is 16.5. The van der Waals surface area contributed by atoms with Crippen molar-refractivity contribution in [2.75, 3.05) is 14.2 Å². The minimum Gasteiger partial charge on any atom is -0.496 e. The molecule has 0 amide bonds. The van der Waals surface area contributed by atoms with Gasteiger partial charge in [-0.2, -0.15) is 0 Å². The Labute approximate surface area is 205 Å². The maximum Gasteiger partial charge on any atom is 0.307 e. The molecule has 3 aromatic rings. The second-order valence-corrected chi connectivity index (χ2v) is 8.73. The van der Waals surface area contributed by atoms with E-state index in [9.17, 15) is 14.7 Å². The van der Waals surface area contributed by atoms with Gasteiger partial charge in [-0.15, -0.1) is 0 Å². The second-order valence-electron chi connectivity index (χ2n) is 8.73. The molecule has 0 aliphatic carbocycles. The number of nitrogens with zero attached hydrogens (tertiary/aromatic N) is 1. The van der Waals surface area contributed by atoms with Gasteiger partial charge in [0.15, 0.2) is 5.78 Å². The van der Waals surface area contributed by atoms with Crippen LogP contribution in [0, 0.1) is 5.92 Å². The number of aliphatic hydroxyl groups is 1. The van der Waals surface area contributed by atoms with Crippen LogP contribution in [0.1, 0.15) is 52.9 Å². The monoisotopic (exact) mass is 479 g/mol. The lowest BCUT2D eigenvalue weighted by Crippen LogP contribution is -2.19. The number of hydrogen-bond acceptors (Lipinski definition) is 5. The number of aromatic nitrogens is 1. The Bertz CT molecular complexity index is 1110. The molecule has 3 rings (SSSR count). The van der Waals surface area contributed by atoms with Crippen molar-refractivity contribution in [3.63, 3.8) is 0 Å². The van der Waals surface area contributed by atoms with Crippen molar-refractivity contribution in [3.05, 3.63) is 83.2 Å². The fourth-order valence-electron chi connectivity index (χ4n) is 4.44. The molecule has 0 fully saturated rings. The van der Waals surface area contributed by atoms with Gasteiger partial charge in [0.05, 0.1) is 26.7 Å². The molecular formula is C28H33NO6. The van der Waals surface area contributed by atoms with Crippen LogP contribution in [0.15, 0.2) is 60.9 Å². The predicted octanol–water partition coefficient (Wildman–Crippen LogP) is 4.71. The van der Waals surface area contributed by atoms with Gasteiger partial charge < -0.3 is 24.3 Å². The number of carbonyl (C=O) groups is 2. The molecule has 0 aliphatic rings. The van der Waals surface area contributed by atoms with E-state index in [1.165, 1.54) is 26.7 Å². The van der Waals surface area contributed by atoms with Crippen LogP contribution < -0.4 is 9.47 Å². The van der Waals surface area contributed by atoms with Crippen LogP contribution in [-0.4, -0.2) is 40.8 Å². The molecule has 7 nitrogen and oxygen atoms in total. The summed E-state index contributed by atoms with van der Waals surface area (Å²) < 4.78 is 12.8. The number of methoxy groups -OCH3 is 2. The largest absolute Gasteiger partial charge is 0.496 e. The van der Waals surface area contributed by atoms with Crippen LogP contribution in [0.5, 0.6) is 11.5 Å². The summed E-state index contributed by atoms with van der Waals surface area (Å²) in [5.74, 6) is -0.511. The molecule has 186 valence electrons. The maximum absolute atomic E-state index is 12.1. The third kappa shape index (κ3) is 6.96. The maximum atomic E-state index is 12.1. The molecule has 2 N–H and O–H groups in total. The number of aryl methyl sites for hydroxylation is 1. The molecule has 35 heavy (non-hydrogen) atoms. The Morgan fingerprint density at radius 3 is 2.23 bits per heavy atom. The average Bonchev–Trinajstić information content (AvgIpc) is 3.28. The molecule has 0 bridgehead atoms. The molecule has 1 unspecified atom stereocenters. The van der Waals surface area contributed by atoms with Crippen molar-refractivity contribution in [3.8, 4) is 11.5 Å². The Morgan fingerprint density at radius 1 is 1.00 bits per heavy atom. The summed E-state index contributed by atoms with van der Waals surface area (Å²) in [7, 11) is 2.97. The lowest BCUT2D eigenvalue weighted by Gasteiger charge is -2.25. The zero-order valence-corrected chi connectivity index (χ0v) is 20.4. The summed E-state index contributed by atoms with van der Waals surface area (Å²) in [6, 6.07) is 15.4. The van der Waals surface area contributed by atoms with E-state index in [1.807, 2.05) is 35.2 Å². The number of benzene rings is 2. The van der Waals surface area contributed by atoms with Gasteiger partial charge in [-0.25, -0.2) is 0 Å². The Morgan fingerprint density at radius 2 is 1.66 bits per heavy atom. The summed E-state index contributed by atoms with van der Waals surface area (Å²) in [6.07, 6.45) is 5.25. The average molecular weight is 480 g/mol. The van der Waals surface area contributed by atoms with Crippen molar-refractivity contribution in [2.24, 2.45) is 5.92 Å². The summed E-state index contributed by atoms with van der Waals surface area (Å²) in [5.41, 5.74) is 2.89. The van der Waals surface area contributed by atoms with Gasteiger partial charge in [0, 0.05) is 24.9 Å². The SMILES string of the molecule is COc1cc(C(O)[C@H](CCCc2ccccc2)Cn2ccc(CC(=O)O)c2)cc(OC)c1C(C)=O. The molecule has 0 saturated heterocycles. The van der Waals surface area contributed by atoms with E-state index in [2.05, 4.69) is 12.1 Å². The van der Waals surface area contributed by atoms with Gasteiger partial charge in [0.2, 0.25) is 0 Å². The minimum absolute atomic E-state index is 0.0465.